The van der Waals surface area contributed by atoms with E-state index in [4.69, 9.17) is 11.6 Å². The van der Waals surface area contributed by atoms with Gasteiger partial charge in [0.1, 0.15) is 0 Å². The van der Waals surface area contributed by atoms with E-state index in [1.165, 1.54) is 0 Å². The van der Waals surface area contributed by atoms with E-state index in [9.17, 15) is 4.79 Å². The Morgan fingerprint density at radius 2 is 2.00 bits per heavy atom. The maximum atomic E-state index is 12.1. The fraction of sp³-hybridized carbons (Fsp3) is 0.533. The Hall–Kier alpha value is -0.540. The van der Waals surface area contributed by atoms with Crippen molar-refractivity contribution in [2.24, 2.45) is 5.92 Å². The van der Waals surface area contributed by atoms with Crippen LogP contribution in [-0.2, 0) is 0 Å². The Morgan fingerprint density at radius 3 is 2.58 bits per heavy atom. The van der Waals surface area contributed by atoms with Crippen LogP contribution in [0.1, 0.15) is 42.6 Å². The molecule has 0 aromatic heterocycles. The van der Waals surface area contributed by atoms with Crippen LogP contribution in [0.5, 0.6) is 0 Å². The summed E-state index contributed by atoms with van der Waals surface area (Å²) in [4.78, 5) is 12.1. The lowest BCUT2D eigenvalue weighted by Gasteiger charge is -2.19. The molecule has 0 aliphatic rings. The summed E-state index contributed by atoms with van der Waals surface area (Å²) in [6.07, 6.45) is 2.08. The summed E-state index contributed by atoms with van der Waals surface area (Å²) in [5, 5.41) is 2.92. The van der Waals surface area contributed by atoms with Gasteiger partial charge in [-0.3, -0.25) is 4.79 Å². The second kappa shape index (κ2) is 7.91. The number of rotatable bonds is 6. The first-order chi connectivity index (χ1) is 9.01. The maximum Gasteiger partial charge on any atom is 0.251 e. The molecular formula is C15H21BrClNO. The van der Waals surface area contributed by atoms with Crippen LogP contribution in [0.3, 0.4) is 0 Å². The summed E-state index contributed by atoms with van der Waals surface area (Å²) in [5.74, 6) is 0.390. The fourth-order valence-corrected chi connectivity index (χ4v) is 2.91. The van der Waals surface area contributed by atoms with Gasteiger partial charge in [-0.05, 0) is 30.5 Å². The molecule has 2 nitrogen and oxygen atoms in total. The van der Waals surface area contributed by atoms with Crippen LogP contribution in [0.4, 0.5) is 0 Å². The number of halogens is 2. The highest BCUT2D eigenvalue weighted by atomic mass is 79.9. The largest absolute Gasteiger partial charge is 0.351 e. The molecule has 1 amide bonds. The van der Waals surface area contributed by atoms with Crippen molar-refractivity contribution in [2.45, 2.75) is 39.0 Å². The van der Waals surface area contributed by atoms with Crippen LogP contribution in [0, 0.1) is 12.8 Å². The third-order valence-corrected chi connectivity index (χ3v) is 4.90. The van der Waals surface area contributed by atoms with Gasteiger partial charge < -0.3 is 5.32 Å². The number of carbonyl (C=O) groups is 1. The topological polar surface area (TPSA) is 29.1 Å². The van der Waals surface area contributed by atoms with Crippen molar-refractivity contribution in [1.82, 2.24) is 5.32 Å². The Kier molecular flexibility index (Phi) is 6.87. The average molecular weight is 347 g/mol. The molecule has 0 fully saturated rings. The molecule has 0 radical (unpaired) electrons. The van der Waals surface area contributed by atoms with Crippen molar-refractivity contribution in [1.29, 1.82) is 0 Å². The molecule has 1 aromatic rings. The van der Waals surface area contributed by atoms with Crippen molar-refractivity contribution in [2.75, 3.05) is 6.54 Å². The Bertz CT molecular complexity index is 432. The highest BCUT2D eigenvalue weighted by Gasteiger charge is 2.17. The van der Waals surface area contributed by atoms with E-state index in [1.54, 1.807) is 0 Å². The van der Waals surface area contributed by atoms with Gasteiger partial charge >= 0.3 is 0 Å². The normalized spacial score (nSPS) is 12.5. The lowest BCUT2D eigenvalue weighted by Crippen LogP contribution is -2.33. The molecule has 0 aliphatic carbocycles. The third kappa shape index (κ3) is 4.50. The van der Waals surface area contributed by atoms with Crippen molar-refractivity contribution in [3.05, 3.63) is 33.8 Å². The van der Waals surface area contributed by atoms with Crippen LogP contribution < -0.4 is 5.32 Å². The average Bonchev–Trinajstić information content (AvgIpc) is 2.40. The second-order valence-corrected chi connectivity index (χ2v) is 6.13. The Labute approximate surface area is 129 Å². The van der Waals surface area contributed by atoms with Crippen molar-refractivity contribution in [3.63, 3.8) is 0 Å². The zero-order valence-corrected chi connectivity index (χ0v) is 14.0. The highest BCUT2D eigenvalue weighted by Crippen LogP contribution is 2.20. The Morgan fingerprint density at radius 1 is 1.37 bits per heavy atom. The SMILES string of the molecule is CCC(CC)C(Cl)CNC(=O)c1cccc(Br)c1C. The van der Waals surface area contributed by atoms with Crippen LogP contribution in [0.25, 0.3) is 0 Å². The first kappa shape index (κ1) is 16.5. The number of benzene rings is 1. The van der Waals surface area contributed by atoms with E-state index < -0.39 is 0 Å². The minimum Gasteiger partial charge on any atom is -0.351 e. The van der Waals surface area contributed by atoms with Crippen molar-refractivity contribution >= 4 is 33.4 Å². The zero-order valence-electron chi connectivity index (χ0n) is 11.7. The molecule has 1 N–H and O–H groups in total. The van der Waals surface area contributed by atoms with Gasteiger partial charge in [0.15, 0.2) is 0 Å². The first-order valence-corrected chi connectivity index (χ1v) is 7.91. The summed E-state index contributed by atoms with van der Waals surface area (Å²) in [5.41, 5.74) is 1.65. The van der Waals surface area contributed by atoms with E-state index in [2.05, 4.69) is 35.1 Å². The molecule has 0 bridgehead atoms. The highest BCUT2D eigenvalue weighted by molar-refractivity contribution is 9.10. The minimum absolute atomic E-state index is 0.00795. The van der Waals surface area contributed by atoms with Gasteiger partial charge in [-0.1, -0.05) is 48.7 Å². The Balaban J connectivity index is 2.63. The van der Waals surface area contributed by atoms with Gasteiger partial charge in [0, 0.05) is 16.6 Å². The van der Waals surface area contributed by atoms with E-state index in [0.29, 0.717) is 18.0 Å². The van der Waals surface area contributed by atoms with Crippen LogP contribution >= 0.6 is 27.5 Å². The molecule has 1 rings (SSSR count). The maximum absolute atomic E-state index is 12.1. The summed E-state index contributed by atoms with van der Waals surface area (Å²) in [6.45, 7) is 6.70. The molecule has 1 aromatic carbocycles. The van der Waals surface area contributed by atoms with E-state index in [1.807, 2.05) is 25.1 Å². The monoisotopic (exact) mass is 345 g/mol. The summed E-state index contributed by atoms with van der Waals surface area (Å²) in [7, 11) is 0. The second-order valence-electron chi connectivity index (χ2n) is 4.71. The molecule has 1 atom stereocenters. The fourth-order valence-electron chi connectivity index (χ4n) is 2.11. The minimum atomic E-state index is -0.0598. The third-order valence-electron chi connectivity index (χ3n) is 3.53. The first-order valence-electron chi connectivity index (χ1n) is 6.68. The summed E-state index contributed by atoms with van der Waals surface area (Å²) >= 11 is 9.76. The number of nitrogens with one attached hydrogen (secondary N) is 1. The molecule has 0 heterocycles. The summed E-state index contributed by atoms with van der Waals surface area (Å²) in [6, 6.07) is 5.63. The lowest BCUT2D eigenvalue weighted by molar-refractivity contribution is 0.0951. The molecule has 1 unspecified atom stereocenters. The lowest BCUT2D eigenvalue weighted by atomic mass is 9.99. The molecule has 106 valence electrons. The van der Waals surface area contributed by atoms with Gasteiger partial charge in [0.05, 0.1) is 5.38 Å². The summed E-state index contributed by atoms with van der Waals surface area (Å²) < 4.78 is 0.947. The van der Waals surface area contributed by atoms with Gasteiger partial charge in [0.2, 0.25) is 0 Å². The van der Waals surface area contributed by atoms with Gasteiger partial charge in [-0.25, -0.2) is 0 Å². The van der Waals surface area contributed by atoms with Gasteiger partial charge in [-0.2, -0.15) is 0 Å². The number of carbonyl (C=O) groups excluding carboxylic acids is 1. The molecule has 19 heavy (non-hydrogen) atoms. The smallest absolute Gasteiger partial charge is 0.251 e. The van der Waals surface area contributed by atoms with Crippen LogP contribution in [0.2, 0.25) is 0 Å². The number of amides is 1. The molecule has 0 saturated heterocycles. The number of alkyl halides is 1. The number of hydrogen-bond acceptors (Lipinski definition) is 1. The zero-order chi connectivity index (χ0) is 14.4. The molecule has 0 spiro atoms. The van der Waals surface area contributed by atoms with Crippen LogP contribution in [0.15, 0.2) is 22.7 Å². The molecule has 0 saturated carbocycles. The predicted molar refractivity (Wildman–Crippen MR) is 84.9 cm³/mol. The van der Waals surface area contributed by atoms with Crippen molar-refractivity contribution < 1.29 is 4.79 Å². The standard InChI is InChI=1S/C15H21BrClNO/c1-4-11(5-2)14(17)9-18-15(19)12-7-6-8-13(16)10(12)3/h6-8,11,14H,4-5,9H2,1-3H3,(H,18,19). The number of hydrogen-bond donors (Lipinski definition) is 1. The van der Waals surface area contributed by atoms with Gasteiger partial charge in [-0.15, -0.1) is 11.6 Å². The van der Waals surface area contributed by atoms with E-state index in [0.717, 1.165) is 22.9 Å². The van der Waals surface area contributed by atoms with Gasteiger partial charge in [0.25, 0.3) is 5.91 Å². The quantitative estimate of drug-likeness (QED) is 0.753. The van der Waals surface area contributed by atoms with Crippen LogP contribution in [-0.4, -0.2) is 17.8 Å². The predicted octanol–water partition coefficient (Wildman–Crippen LogP) is 4.53. The van der Waals surface area contributed by atoms with E-state index in [-0.39, 0.29) is 11.3 Å². The van der Waals surface area contributed by atoms with E-state index >= 15 is 0 Å². The van der Waals surface area contributed by atoms with Crippen molar-refractivity contribution in [3.8, 4) is 0 Å². The molecule has 0 aliphatic heterocycles. The molecular weight excluding hydrogens is 326 g/mol. The molecule has 4 heteroatoms.